The van der Waals surface area contributed by atoms with E-state index in [9.17, 15) is 9.59 Å². The Labute approximate surface area is 186 Å². The van der Waals surface area contributed by atoms with E-state index >= 15 is 0 Å². The highest BCUT2D eigenvalue weighted by atomic mass is 32.2. The first-order valence-corrected chi connectivity index (χ1v) is 12.1. The maximum atomic E-state index is 12.9. The summed E-state index contributed by atoms with van der Waals surface area (Å²) < 4.78 is 1.99. The van der Waals surface area contributed by atoms with Crippen molar-refractivity contribution in [2.75, 3.05) is 12.8 Å². The van der Waals surface area contributed by atoms with Gasteiger partial charge in [-0.15, -0.1) is 0 Å². The first-order chi connectivity index (χ1) is 15.1. The standard InChI is InChI=1S/C24H26N4O2S/c1-31-15-22-26-19-9-5-6-10-20(19)27(22)14-23(29)25-17-11-24(30)28(13-17)21-12-18(21)16-7-3-2-4-8-16/h2-10,17-18,21H,11-15H2,1H3,(H,25,29)/t17-,18-,21+/m1/s1. The minimum atomic E-state index is -0.129. The fourth-order valence-electron chi connectivity index (χ4n) is 4.69. The third-order valence-corrected chi connectivity index (χ3v) is 6.76. The van der Waals surface area contributed by atoms with Crippen molar-refractivity contribution in [2.45, 2.75) is 43.1 Å². The molecule has 2 heterocycles. The number of likely N-dealkylation sites (tertiary alicyclic amines) is 1. The van der Waals surface area contributed by atoms with Crippen LogP contribution in [-0.2, 0) is 21.9 Å². The van der Waals surface area contributed by atoms with Gasteiger partial charge in [0.25, 0.3) is 0 Å². The van der Waals surface area contributed by atoms with E-state index in [1.54, 1.807) is 11.8 Å². The lowest BCUT2D eigenvalue weighted by molar-refractivity contribution is -0.128. The van der Waals surface area contributed by atoms with E-state index < -0.39 is 0 Å². The largest absolute Gasteiger partial charge is 0.350 e. The molecule has 1 aliphatic heterocycles. The Morgan fingerprint density at radius 2 is 1.94 bits per heavy atom. The third kappa shape index (κ3) is 4.06. The van der Waals surface area contributed by atoms with Gasteiger partial charge in [-0.3, -0.25) is 9.59 Å². The van der Waals surface area contributed by atoms with Crippen molar-refractivity contribution in [3.05, 3.63) is 66.0 Å². The number of carbonyl (C=O) groups is 2. The molecule has 0 unspecified atom stereocenters. The van der Waals surface area contributed by atoms with Crippen LogP contribution in [0.4, 0.5) is 0 Å². The Morgan fingerprint density at radius 1 is 1.16 bits per heavy atom. The average Bonchev–Trinajstić information content (AvgIpc) is 3.39. The second kappa shape index (κ2) is 8.38. The Kier molecular flexibility index (Phi) is 5.44. The lowest BCUT2D eigenvalue weighted by atomic mass is 10.1. The van der Waals surface area contributed by atoms with Crippen LogP contribution >= 0.6 is 11.8 Å². The Hall–Kier alpha value is -2.80. The third-order valence-electron chi connectivity index (χ3n) is 6.22. The molecule has 5 rings (SSSR count). The lowest BCUT2D eigenvalue weighted by Crippen LogP contribution is -2.39. The predicted octanol–water partition coefficient (Wildman–Crippen LogP) is 3.17. The number of benzene rings is 2. The topological polar surface area (TPSA) is 67.2 Å². The van der Waals surface area contributed by atoms with Gasteiger partial charge in [0.05, 0.1) is 22.8 Å². The van der Waals surface area contributed by atoms with Crippen molar-refractivity contribution in [1.82, 2.24) is 19.8 Å². The van der Waals surface area contributed by atoms with Crippen LogP contribution in [-0.4, -0.2) is 51.1 Å². The maximum Gasteiger partial charge on any atom is 0.240 e. The molecule has 1 aromatic heterocycles. The molecule has 3 aromatic rings. The van der Waals surface area contributed by atoms with E-state index in [2.05, 4.69) is 22.4 Å². The van der Waals surface area contributed by atoms with Crippen LogP contribution in [0.5, 0.6) is 0 Å². The minimum absolute atomic E-state index is 0.0689. The normalized spacial score (nSPS) is 22.8. The number of thioether (sulfide) groups is 1. The van der Waals surface area contributed by atoms with Crippen LogP contribution in [0.3, 0.4) is 0 Å². The van der Waals surface area contributed by atoms with Gasteiger partial charge in [-0.05, 0) is 30.4 Å². The number of carbonyl (C=O) groups excluding carboxylic acids is 2. The van der Waals surface area contributed by atoms with Gasteiger partial charge < -0.3 is 14.8 Å². The zero-order valence-electron chi connectivity index (χ0n) is 17.5. The number of nitrogens with zero attached hydrogens (tertiary/aromatic N) is 3. The summed E-state index contributed by atoms with van der Waals surface area (Å²) >= 11 is 1.69. The van der Waals surface area contributed by atoms with Crippen LogP contribution in [0.15, 0.2) is 54.6 Å². The summed E-state index contributed by atoms with van der Waals surface area (Å²) in [6, 6.07) is 18.4. The molecule has 1 aliphatic carbocycles. The number of para-hydroxylation sites is 2. The molecule has 6 nitrogen and oxygen atoms in total. The van der Waals surface area contributed by atoms with Gasteiger partial charge >= 0.3 is 0 Å². The van der Waals surface area contributed by atoms with E-state index in [0.29, 0.717) is 18.9 Å². The molecule has 2 aliphatic rings. The molecule has 1 saturated carbocycles. The number of nitrogens with one attached hydrogen (secondary N) is 1. The van der Waals surface area contributed by atoms with Gasteiger partial charge in [-0.1, -0.05) is 42.5 Å². The highest BCUT2D eigenvalue weighted by Gasteiger charge is 2.47. The summed E-state index contributed by atoms with van der Waals surface area (Å²) in [6.07, 6.45) is 3.42. The smallest absolute Gasteiger partial charge is 0.240 e. The maximum absolute atomic E-state index is 12.9. The summed E-state index contributed by atoms with van der Waals surface area (Å²) in [7, 11) is 0. The second-order valence-corrected chi connectivity index (χ2v) is 9.24. The lowest BCUT2D eigenvalue weighted by Gasteiger charge is -2.18. The summed E-state index contributed by atoms with van der Waals surface area (Å²) in [5.74, 6) is 2.15. The molecule has 1 N–H and O–H groups in total. The van der Waals surface area contributed by atoms with Gasteiger partial charge in [0.15, 0.2) is 0 Å². The van der Waals surface area contributed by atoms with E-state index in [0.717, 1.165) is 29.0 Å². The Balaban J connectivity index is 1.23. The van der Waals surface area contributed by atoms with Crippen molar-refractivity contribution >= 4 is 34.6 Å². The summed E-state index contributed by atoms with van der Waals surface area (Å²) in [4.78, 5) is 32.1. The molecule has 0 spiro atoms. The van der Waals surface area contributed by atoms with Gasteiger partial charge in [0.2, 0.25) is 11.8 Å². The molecule has 7 heteroatoms. The van der Waals surface area contributed by atoms with Crippen LogP contribution in [0, 0.1) is 0 Å². The van der Waals surface area contributed by atoms with Gasteiger partial charge in [0, 0.05) is 24.9 Å². The SMILES string of the molecule is CSCc1nc2ccccc2n1CC(=O)N[C@@H]1CC(=O)N([C@H]2C[C@@H]2c2ccccc2)C1. The van der Waals surface area contributed by atoms with Crippen LogP contribution in [0.2, 0.25) is 0 Å². The van der Waals surface area contributed by atoms with E-state index in [-0.39, 0.29) is 30.4 Å². The fourth-order valence-corrected chi connectivity index (χ4v) is 5.17. The van der Waals surface area contributed by atoms with Crippen molar-refractivity contribution < 1.29 is 9.59 Å². The molecule has 0 bridgehead atoms. The number of hydrogen-bond donors (Lipinski definition) is 1. The molecule has 160 valence electrons. The number of hydrogen-bond acceptors (Lipinski definition) is 4. The molecule has 3 atom stereocenters. The van der Waals surface area contributed by atoms with E-state index in [1.807, 2.05) is 58.2 Å². The zero-order chi connectivity index (χ0) is 21.4. The zero-order valence-corrected chi connectivity index (χ0v) is 18.3. The van der Waals surface area contributed by atoms with Crippen molar-refractivity contribution in [3.63, 3.8) is 0 Å². The van der Waals surface area contributed by atoms with Gasteiger partial charge in [-0.25, -0.2) is 4.98 Å². The minimum Gasteiger partial charge on any atom is -0.350 e. The second-order valence-electron chi connectivity index (χ2n) is 8.37. The number of rotatable bonds is 7. The number of amides is 2. The Bertz CT molecular complexity index is 1110. The first kappa shape index (κ1) is 20.1. The molecule has 1 saturated heterocycles. The number of fused-ring (bicyclic) bond motifs is 1. The Morgan fingerprint density at radius 3 is 2.74 bits per heavy atom. The predicted molar refractivity (Wildman–Crippen MR) is 123 cm³/mol. The highest BCUT2D eigenvalue weighted by Crippen LogP contribution is 2.45. The monoisotopic (exact) mass is 434 g/mol. The van der Waals surface area contributed by atoms with Gasteiger partial charge in [0.1, 0.15) is 12.4 Å². The first-order valence-electron chi connectivity index (χ1n) is 10.7. The highest BCUT2D eigenvalue weighted by molar-refractivity contribution is 7.97. The molecule has 0 radical (unpaired) electrons. The number of aromatic nitrogens is 2. The van der Waals surface area contributed by atoms with E-state index in [1.165, 1.54) is 5.56 Å². The molecule has 31 heavy (non-hydrogen) atoms. The van der Waals surface area contributed by atoms with Crippen molar-refractivity contribution in [1.29, 1.82) is 0 Å². The van der Waals surface area contributed by atoms with E-state index in [4.69, 9.17) is 0 Å². The summed E-state index contributed by atoms with van der Waals surface area (Å²) in [5.41, 5.74) is 3.16. The van der Waals surface area contributed by atoms with Crippen molar-refractivity contribution in [3.8, 4) is 0 Å². The number of imidazole rings is 1. The molecule has 2 aromatic carbocycles. The fraction of sp³-hybridized carbons (Fsp3) is 0.375. The quantitative estimate of drug-likeness (QED) is 0.620. The van der Waals surface area contributed by atoms with Crippen molar-refractivity contribution in [2.24, 2.45) is 0 Å². The summed E-state index contributed by atoms with van der Waals surface area (Å²) in [6.45, 7) is 0.818. The molecular formula is C24H26N4O2S. The van der Waals surface area contributed by atoms with Gasteiger partial charge in [-0.2, -0.15) is 11.8 Å². The summed E-state index contributed by atoms with van der Waals surface area (Å²) in [5, 5.41) is 3.09. The van der Waals surface area contributed by atoms with Crippen LogP contribution in [0.25, 0.3) is 11.0 Å². The van der Waals surface area contributed by atoms with Crippen LogP contribution < -0.4 is 5.32 Å². The molecule has 2 fully saturated rings. The molecule has 2 amide bonds. The van der Waals surface area contributed by atoms with Crippen LogP contribution in [0.1, 0.15) is 30.1 Å². The average molecular weight is 435 g/mol. The molecular weight excluding hydrogens is 408 g/mol.